The lowest BCUT2D eigenvalue weighted by Crippen LogP contribution is -2.48. The van der Waals surface area contributed by atoms with Gasteiger partial charge in [0.15, 0.2) is 20.2 Å². The van der Waals surface area contributed by atoms with Crippen LogP contribution in [0.3, 0.4) is 0 Å². The van der Waals surface area contributed by atoms with Crippen molar-refractivity contribution >= 4 is 20.1 Å². The van der Waals surface area contributed by atoms with Crippen molar-refractivity contribution < 1.29 is 18.8 Å². The molecule has 0 saturated carbocycles. The zero-order valence-electron chi connectivity index (χ0n) is 18.8. The van der Waals surface area contributed by atoms with Gasteiger partial charge < -0.3 is 9.16 Å². The van der Waals surface area contributed by atoms with E-state index in [0.29, 0.717) is 5.56 Å². The molecule has 0 bridgehead atoms. The third-order valence-electron chi connectivity index (χ3n) is 5.73. The summed E-state index contributed by atoms with van der Waals surface area (Å²) >= 11 is 0. The SMILES string of the molecule is C/C=C(\C)[C@@H](O[Si](C)(C)C(C)(C)C)[C@@H](C)C(=O)[C@H](C)OC(=O)c1ccccc1. The number of hydrogen-bond acceptors (Lipinski definition) is 4. The highest BCUT2D eigenvalue weighted by atomic mass is 28.4. The van der Waals surface area contributed by atoms with Gasteiger partial charge in [0.2, 0.25) is 0 Å². The highest BCUT2D eigenvalue weighted by molar-refractivity contribution is 6.74. The topological polar surface area (TPSA) is 52.6 Å². The average Bonchev–Trinajstić information content (AvgIpc) is 2.63. The van der Waals surface area contributed by atoms with Crippen LogP contribution in [0.4, 0.5) is 0 Å². The first kappa shape index (κ1) is 24.3. The van der Waals surface area contributed by atoms with Gasteiger partial charge in [0, 0.05) is 5.92 Å². The molecule has 0 N–H and O–H groups in total. The third-order valence-corrected chi connectivity index (χ3v) is 10.2. The monoisotopic (exact) mass is 404 g/mol. The lowest BCUT2D eigenvalue weighted by molar-refractivity contribution is -0.132. The molecule has 0 radical (unpaired) electrons. The Kier molecular flexibility index (Phi) is 8.39. The van der Waals surface area contributed by atoms with Crippen molar-refractivity contribution in [1.29, 1.82) is 0 Å². The fourth-order valence-electron chi connectivity index (χ4n) is 2.63. The fraction of sp³-hybridized carbons (Fsp3) is 0.565. The lowest BCUT2D eigenvalue weighted by Gasteiger charge is -2.41. The minimum absolute atomic E-state index is 0.0351. The molecule has 1 aromatic carbocycles. The number of benzene rings is 1. The maximum atomic E-state index is 13.0. The molecule has 0 spiro atoms. The van der Waals surface area contributed by atoms with Gasteiger partial charge in [-0.25, -0.2) is 4.79 Å². The number of hydrogen-bond donors (Lipinski definition) is 0. The number of ketones is 1. The Bertz CT molecular complexity index is 701. The van der Waals surface area contributed by atoms with Crippen molar-refractivity contribution in [3.05, 3.63) is 47.5 Å². The fourth-order valence-corrected chi connectivity index (χ4v) is 4.01. The zero-order chi connectivity index (χ0) is 21.7. The van der Waals surface area contributed by atoms with Gasteiger partial charge in [0.25, 0.3) is 0 Å². The molecule has 1 aromatic rings. The van der Waals surface area contributed by atoms with E-state index in [0.717, 1.165) is 5.57 Å². The zero-order valence-corrected chi connectivity index (χ0v) is 19.8. The van der Waals surface area contributed by atoms with Gasteiger partial charge in [-0.1, -0.05) is 52.0 Å². The Balaban J connectivity index is 2.97. The quantitative estimate of drug-likeness (QED) is 0.312. The number of carbonyl (C=O) groups is 2. The predicted molar refractivity (Wildman–Crippen MR) is 117 cm³/mol. The summed E-state index contributed by atoms with van der Waals surface area (Å²) in [4.78, 5) is 25.3. The molecule has 4 nitrogen and oxygen atoms in total. The van der Waals surface area contributed by atoms with E-state index in [1.807, 2.05) is 32.9 Å². The third kappa shape index (κ3) is 6.14. The van der Waals surface area contributed by atoms with E-state index in [4.69, 9.17) is 9.16 Å². The van der Waals surface area contributed by atoms with Gasteiger partial charge in [0.05, 0.1) is 11.7 Å². The Morgan fingerprint density at radius 1 is 1.07 bits per heavy atom. The van der Waals surface area contributed by atoms with Crippen LogP contribution in [0.5, 0.6) is 0 Å². The Hall–Kier alpha value is -1.72. The van der Waals surface area contributed by atoms with Gasteiger partial charge in [-0.15, -0.1) is 0 Å². The average molecular weight is 405 g/mol. The number of esters is 1. The van der Waals surface area contributed by atoms with E-state index in [-0.39, 0.29) is 16.9 Å². The van der Waals surface area contributed by atoms with Crippen LogP contribution in [-0.4, -0.2) is 32.3 Å². The first-order valence-electron chi connectivity index (χ1n) is 9.92. The molecule has 156 valence electrons. The van der Waals surface area contributed by atoms with Crippen LogP contribution in [0.2, 0.25) is 18.1 Å². The molecule has 0 aromatic heterocycles. The molecule has 0 aliphatic heterocycles. The van der Waals surface area contributed by atoms with Crippen LogP contribution in [0.15, 0.2) is 42.0 Å². The van der Waals surface area contributed by atoms with Crippen LogP contribution in [0, 0.1) is 5.92 Å². The van der Waals surface area contributed by atoms with E-state index in [2.05, 4.69) is 33.9 Å². The van der Waals surface area contributed by atoms with E-state index in [1.54, 1.807) is 31.2 Å². The molecule has 0 aliphatic rings. The van der Waals surface area contributed by atoms with Crippen molar-refractivity contribution in [3.8, 4) is 0 Å². The molecule has 0 saturated heterocycles. The predicted octanol–water partition coefficient (Wildman–Crippen LogP) is 5.79. The molecule has 0 heterocycles. The molecule has 0 amide bonds. The number of carbonyl (C=O) groups excluding carboxylic acids is 2. The lowest BCUT2D eigenvalue weighted by atomic mass is 9.92. The summed E-state index contributed by atoms with van der Waals surface area (Å²) < 4.78 is 12.0. The van der Waals surface area contributed by atoms with E-state index >= 15 is 0 Å². The smallest absolute Gasteiger partial charge is 0.338 e. The van der Waals surface area contributed by atoms with Crippen LogP contribution >= 0.6 is 0 Å². The van der Waals surface area contributed by atoms with Crippen molar-refractivity contribution in [1.82, 2.24) is 0 Å². The van der Waals surface area contributed by atoms with Crippen LogP contribution in [-0.2, 0) is 14.0 Å². The standard InChI is InChI=1S/C23H36O4Si/c1-10-16(2)21(27-28(8,9)23(5,6)7)17(3)20(24)18(4)26-22(25)19-14-12-11-13-15-19/h10-15,17-18,21H,1-9H3/b16-10+/t17-,18-,21+/m0/s1. The summed E-state index contributed by atoms with van der Waals surface area (Å²) in [5.41, 5.74) is 1.46. The first-order chi connectivity index (χ1) is 12.8. The summed E-state index contributed by atoms with van der Waals surface area (Å²) in [6.45, 7) is 18.3. The number of rotatable bonds is 8. The molecule has 0 unspecified atom stereocenters. The molecule has 5 heteroatoms. The van der Waals surface area contributed by atoms with E-state index < -0.39 is 26.3 Å². The Morgan fingerprint density at radius 2 is 1.61 bits per heavy atom. The van der Waals surface area contributed by atoms with Gasteiger partial charge in [0.1, 0.15) is 0 Å². The molecule has 28 heavy (non-hydrogen) atoms. The maximum absolute atomic E-state index is 13.0. The molecular weight excluding hydrogens is 368 g/mol. The van der Waals surface area contributed by atoms with Crippen molar-refractivity contribution in [2.75, 3.05) is 0 Å². The van der Waals surface area contributed by atoms with Crippen molar-refractivity contribution in [3.63, 3.8) is 0 Å². The normalized spacial score (nSPS) is 16.2. The van der Waals surface area contributed by atoms with E-state index in [9.17, 15) is 9.59 Å². The number of allylic oxidation sites excluding steroid dienone is 1. The highest BCUT2D eigenvalue weighted by Crippen LogP contribution is 2.39. The molecule has 0 fully saturated rings. The summed E-state index contributed by atoms with van der Waals surface area (Å²) in [6, 6.07) is 8.72. The largest absolute Gasteiger partial charge is 0.451 e. The highest BCUT2D eigenvalue weighted by Gasteiger charge is 2.42. The maximum Gasteiger partial charge on any atom is 0.338 e. The van der Waals surface area contributed by atoms with Crippen LogP contribution < -0.4 is 0 Å². The Labute approximate surface area is 171 Å². The van der Waals surface area contributed by atoms with Gasteiger partial charge in [-0.05, 0) is 56.6 Å². The molecule has 3 atom stereocenters. The van der Waals surface area contributed by atoms with E-state index in [1.165, 1.54) is 0 Å². The summed E-state index contributed by atoms with van der Waals surface area (Å²) in [7, 11) is -2.08. The van der Waals surface area contributed by atoms with Crippen LogP contribution in [0.1, 0.15) is 58.8 Å². The number of Topliss-reactive ketones (excluding diaryl/α,β-unsaturated/α-hetero) is 1. The molecule has 0 aliphatic carbocycles. The summed E-state index contributed by atoms with van der Waals surface area (Å²) in [5, 5.41) is 0.0351. The number of ether oxygens (including phenoxy) is 1. The van der Waals surface area contributed by atoms with Crippen molar-refractivity contribution in [2.24, 2.45) is 5.92 Å². The molecule has 1 rings (SSSR count). The van der Waals surface area contributed by atoms with Gasteiger partial charge in [-0.2, -0.15) is 0 Å². The van der Waals surface area contributed by atoms with Gasteiger partial charge >= 0.3 is 5.97 Å². The second-order valence-electron chi connectivity index (χ2n) is 8.94. The summed E-state index contributed by atoms with van der Waals surface area (Å²) in [6.07, 6.45) is 0.830. The summed E-state index contributed by atoms with van der Waals surface area (Å²) in [5.74, 6) is -1.03. The Morgan fingerprint density at radius 3 is 2.07 bits per heavy atom. The first-order valence-corrected chi connectivity index (χ1v) is 12.8. The minimum Gasteiger partial charge on any atom is -0.451 e. The van der Waals surface area contributed by atoms with Crippen molar-refractivity contribution in [2.45, 2.75) is 78.8 Å². The van der Waals surface area contributed by atoms with Gasteiger partial charge in [-0.3, -0.25) is 4.79 Å². The minimum atomic E-state index is -2.08. The molecular formula is C23H36O4Si. The van der Waals surface area contributed by atoms with Crippen LogP contribution in [0.25, 0.3) is 0 Å². The second kappa shape index (κ2) is 9.66. The second-order valence-corrected chi connectivity index (χ2v) is 13.7.